The van der Waals surface area contributed by atoms with Crippen molar-refractivity contribution in [2.45, 2.75) is 32.4 Å². The van der Waals surface area contributed by atoms with Crippen LogP contribution in [0.2, 0.25) is 25.7 Å². The summed E-state index contributed by atoms with van der Waals surface area (Å²) in [6.45, 7) is 8.41. The first-order valence-corrected chi connectivity index (χ1v) is 13.2. The molecule has 6 nitrogen and oxygen atoms in total. The van der Waals surface area contributed by atoms with Gasteiger partial charge in [-0.25, -0.2) is 14.5 Å². The van der Waals surface area contributed by atoms with Gasteiger partial charge in [0.1, 0.15) is 12.6 Å². The molecule has 0 saturated heterocycles. The maximum atomic E-state index is 5.89. The van der Waals surface area contributed by atoms with Crippen molar-refractivity contribution >= 4 is 13.7 Å². The Hall–Kier alpha value is -2.77. The van der Waals surface area contributed by atoms with Crippen molar-refractivity contribution in [1.29, 1.82) is 0 Å². The van der Waals surface area contributed by atoms with Gasteiger partial charge in [0.2, 0.25) is 0 Å². The molecule has 144 valence electrons. The minimum atomic E-state index is -1.07. The van der Waals surface area contributed by atoms with Crippen LogP contribution < -0.4 is 0 Å². The minimum absolute atomic E-state index is 0.527. The molecule has 0 spiro atoms. The number of hydrogen-bond donors (Lipinski definition) is 0. The largest absolute Gasteiger partial charge is 0.361 e. The molecular weight excluding hydrogens is 366 g/mol. The second kappa shape index (κ2) is 7.69. The van der Waals surface area contributed by atoms with E-state index in [1.165, 1.54) is 6.04 Å². The second-order valence-electron chi connectivity index (χ2n) is 8.09. The SMILES string of the molecule is C[Si](C)(C)CCOCn1ccnc1-c1ccc(-c2cnn3cccnc23)cc1. The zero-order chi connectivity index (χ0) is 19.6. The summed E-state index contributed by atoms with van der Waals surface area (Å²) in [7, 11) is -1.07. The van der Waals surface area contributed by atoms with E-state index in [9.17, 15) is 0 Å². The normalized spacial score (nSPS) is 12.0. The van der Waals surface area contributed by atoms with Gasteiger partial charge in [-0.05, 0) is 17.7 Å². The number of benzene rings is 1. The van der Waals surface area contributed by atoms with Crippen LogP contribution in [0.1, 0.15) is 0 Å². The van der Waals surface area contributed by atoms with Crippen LogP contribution in [0.25, 0.3) is 28.2 Å². The fourth-order valence-corrected chi connectivity index (χ4v) is 3.80. The van der Waals surface area contributed by atoms with Gasteiger partial charge in [0.25, 0.3) is 0 Å². The van der Waals surface area contributed by atoms with E-state index < -0.39 is 8.07 Å². The summed E-state index contributed by atoms with van der Waals surface area (Å²) in [5.74, 6) is 0.914. The number of hydrogen-bond acceptors (Lipinski definition) is 4. The Kier molecular flexibility index (Phi) is 5.10. The molecule has 0 fully saturated rings. The van der Waals surface area contributed by atoms with Crippen molar-refractivity contribution in [2.24, 2.45) is 0 Å². The van der Waals surface area contributed by atoms with Gasteiger partial charge >= 0.3 is 0 Å². The van der Waals surface area contributed by atoms with Crippen molar-refractivity contribution in [3.63, 3.8) is 0 Å². The molecule has 4 rings (SSSR count). The molecule has 4 aromatic rings. The zero-order valence-corrected chi connectivity index (χ0v) is 17.5. The highest BCUT2D eigenvalue weighted by Gasteiger charge is 2.13. The van der Waals surface area contributed by atoms with Gasteiger partial charge in [-0.15, -0.1) is 0 Å². The lowest BCUT2D eigenvalue weighted by Crippen LogP contribution is -2.22. The van der Waals surface area contributed by atoms with Crippen LogP contribution in [0.5, 0.6) is 0 Å². The zero-order valence-electron chi connectivity index (χ0n) is 16.5. The fraction of sp³-hybridized carbons (Fsp3) is 0.286. The van der Waals surface area contributed by atoms with Gasteiger partial charge in [-0.2, -0.15) is 5.10 Å². The van der Waals surface area contributed by atoms with Crippen LogP contribution in [0.4, 0.5) is 0 Å². The Morgan fingerprint density at radius 3 is 2.54 bits per heavy atom. The molecule has 0 atom stereocenters. The first-order valence-electron chi connectivity index (χ1n) is 9.49. The van der Waals surface area contributed by atoms with Crippen LogP contribution in [-0.2, 0) is 11.5 Å². The van der Waals surface area contributed by atoms with E-state index in [4.69, 9.17) is 4.74 Å². The van der Waals surface area contributed by atoms with E-state index in [1.807, 2.05) is 30.9 Å². The standard InChI is InChI=1S/C21H25N5OSi/c1-28(2,3)14-13-27-16-25-12-10-23-20(25)18-7-5-17(6-8-18)19-15-24-26-11-4-9-22-21(19)26/h4-12,15H,13-14,16H2,1-3H3. The van der Waals surface area contributed by atoms with Crippen molar-refractivity contribution in [2.75, 3.05) is 6.61 Å². The molecule has 3 aromatic heterocycles. The van der Waals surface area contributed by atoms with Gasteiger partial charge in [0.15, 0.2) is 5.65 Å². The van der Waals surface area contributed by atoms with Gasteiger partial charge < -0.3 is 9.30 Å². The van der Waals surface area contributed by atoms with E-state index in [0.717, 1.165) is 34.8 Å². The van der Waals surface area contributed by atoms with Gasteiger partial charge in [0.05, 0.1) is 6.20 Å². The number of fused-ring (bicyclic) bond motifs is 1. The van der Waals surface area contributed by atoms with Crippen LogP contribution in [0, 0.1) is 0 Å². The maximum Gasteiger partial charge on any atom is 0.162 e. The molecule has 0 radical (unpaired) electrons. The highest BCUT2D eigenvalue weighted by atomic mass is 28.3. The number of imidazole rings is 1. The Morgan fingerprint density at radius 1 is 0.964 bits per heavy atom. The van der Waals surface area contributed by atoms with E-state index in [-0.39, 0.29) is 0 Å². The smallest absolute Gasteiger partial charge is 0.162 e. The third-order valence-corrected chi connectivity index (χ3v) is 6.38. The minimum Gasteiger partial charge on any atom is -0.361 e. The third kappa shape index (κ3) is 4.05. The van der Waals surface area contributed by atoms with Gasteiger partial charge in [-0.1, -0.05) is 43.9 Å². The highest BCUT2D eigenvalue weighted by Crippen LogP contribution is 2.26. The van der Waals surface area contributed by atoms with Crippen molar-refractivity contribution in [3.8, 4) is 22.5 Å². The second-order valence-corrected chi connectivity index (χ2v) is 13.7. The number of nitrogens with zero attached hydrogens (tertiary/aromatic N) is 5. The predicted molar refractivity (Wildman–Crippen MR) is 114 cm³/mol. The van der Waals surface area contributed by atoms with E-state index in [1.54, 1.807) is 10.7 Å². The number of ether oxygens (including phenoxy) is 1. The van der Waals surface area contributed by atoms with Crippen LogP contribution in [-0.4, -0.2) is 38.8 Å². The molecule has 3 heterocycles. The summed E-state index contributed by atoms with van der Waals surface area (Å²) in [6.07, 6.45) is 9.32. The Bertz CT molecular complexity index is 1060. The third-order valence-electron chi connectivity index (χ3n) is 4.68. The average Bonchev–Trinajstić information content (AvgIpc) is 3.32. The molecule has 7 heteroatoms. The molecule has 28 heavy (non-hydrogen) atoms. The van der Waals surface area contributed by atoms with Gasteiger partial charge in [0, 0.05) is 50.6 Å². The van der Waals surface area contributed by atoms with Crippen LogP contribution in [0.15, 0.2) is 61.3 Å². The van der Waals surface area contributed by atoms with E-state index in [0.29, 0.717) is 6.73 Å². The lowest BCUT2D eigenvalue weighted by Gasteiger charge is -2.16. The van der Waals surface area contributed by atoms with Crippen LogP contribution in [0.3, 0.4) is 0 Å². The first-order chi connectivity index (χ1) is 13.5. The molecule has 0 amide bonds. The van der Waals surface area contributed by atoms with Crippen molar-refractivity contribution in [3.05, 3.63) is 61.3 Å². The highest BCUT2D eigenvalue weighted by molar-refractivity contribution is 6.76. The number of aromatic nitrogens is 5. The quantitative estimate of drug-likeness (QED) is 0.342. The Morgan fingerprint density at radius 2 is 1.75 bits per heavy atom. The summed E-state index contributed by atoms with van der Waals surface area (Å²) in [4.78, 5) is 8.95. The predicted octanol–water partition coefficient (Wildman–Crippen LogP) is 4.57. The Balaban J connectivity index is 1.50. The average molecular weight is 392 g/mol. The lowest BCUT2D eigenvalue weighted by molar-refractivity contribution is 0.0883. The molecule has 0 bridgehead atoms. The van der Waals surface area contributed by atoms with Crippen LogP contribution >= 0.6 is 0 Å². The summed E-state index contributed by atoms with van der Waals surface area (Å²) in [5.41, 5.74) is 4.02. The van der Waals surface area contributed by atoms with Gasteiger partial charge in [-0.3, -0.25) is 0 Å². The Labute approximate surface area is 165 Å². The molecule has 0 unspecified atom stereocenters. The topological polar surface area (TPSA) is 57.2 Å². The molecule has 1 aromatic carbocycles. The number of rotatable bonds is 7. The van der Waals surface area contributed by atoms with E-state index in [2.05, 4.69) is 63.5 Å². The summed E-state index contributed by atoms with van der Waals surface area (Å²) in [5, 5.41) is 4.36. The molecule has 0 aliphatic rings. The first kappa shape index (κ1) is 18.6. The molecule has 0 N–H and O–H groups in total. The lowest BCUT2D eigenvalue weighted by atomic mass is 10.1. The maximum absolute atomic E-state index is 5.89. The summed E-state index contributed by atoms with van der Waals surface area (Å²) < 4.78 is 9.72. The molecule has 0 aliphatic heterocycles. The fourth-order valence-electron chi connectivity index (χ4n) is 3.04. The molecule has 0 aliphatic carbocycles. The van der Waals surface area contributed by atoms with Crippen molar-refractivity contribution in [1.82, 2.24) is 24.1 Å². The monoisotopic (exact) mass is 391 g/mol. The van der Waals surface area contributed by atoms with Crippen molar-refractivity contribution < 1.29 is 4.74 Å². The van der Waals surface area contributed by atoms with E-state index >= 15 is 0 Å². The molecular formula is C21H25N5OSi. The summed E-state index contributed by atoms with van der Waals surface area (Å²) >= 11 is 0. The molecule has 0 saturated carbocycles. The summed E-state index contributed by atoms with van der Waals surface area (Å²) in [6, 6.07) is 11.4.